The minimum atomic E-state index is 0.595. The highest BCUT2D eigenvalue weighted by atomic mass is 15.3. The van der Waals surface area contributed by atoms with E-state index in [4.69, 9.17) is 5.73 Å². The SMILES string of the molecule is Nc1ccnn1-c1ccc2n[nH]nc2c1. The van der Waals surface area contributed by atoms with E-state index in [0.29, 0.717) is 5.82 Å². The van der Waals surface area contributed by atoms with Crippen LogP contribution >= 0.6 is 0 Å². The third-order valence-corrected chi connectivity index (χ3v) is 2.22. The number of benzene rings is 1. The fourth-order valence-corrected chi connectivity index (χ4v) is 1.49. The second kappa shape index (κ2) is 2.81. The van der Waals surface area contributed by atoms with Crippen molar-refractivity contribution < 1.29 is 0 Å². The number of nitrogens with zero attached hydrogens (tertiary/aromatic N) is 4. The molecule has 2 heterocycles. The second-order valence-electron chi connectivity index (χ2n) is 3.16. The lowest BCUT2D eigenvalue weighted by Crippen LogP contribution is -2.01. The molecule has 0 radical (unpaired) electrons. The van der Waals surface area contributed by atoms with Crippen LogP contribution in [0.2, 0.25) is 0 Å². The van der Waals surface area contributed by atoms with Crippen molar-refractivity contribution in [2.45, 2.75) is 0 Å². The molecular formula is C9H8N6. The molecule has 15 heavy (non-hydrogen) atoms. The molecule has 0 aliphatic carbocycles. The molecule has 2 aromatic heterocycles. The van der Waals surface area contributed by atoms with E-state index in [1.54, 1.807) is 16.9 Å². The number of nitrogens with two attached hydrogens (primary N) is 1. The highest BCUT2D eigenvalue weighted by Gasteiger charge is 2.04. The topological polar surface area (TPSA) is 85.4 Å². The fraction of sp³-hybridized carbons (Fsp3) is 0. The molecule has 0 unspecified atom stereocenters. The monoisotopic (exact) mass is 200 g/mol. The Balaban J connectivity index is 2.23. The molecule has 3 N–H and O–H groups in total. The van der Waals surface area contributed by atoms with Crippen LogP contribution in [0.4, 0.5) is 5.82 Å². The third-order valence-electron chi connectivity index (χ3n) is 2.22. The predicted octanol–water partition coefficient (Wildman–Crippen LogP) is 0.726. The van der Waals surface area contributed by atoms with Gasteiger partial charge in [0.25, 0.3) is 0 Å². The van der Waals surface area contributed by atoms with Crippen molar-refractivity contribution in [3.05, 3.63) is 30.5 Å². The van der Waals surface area contributed by atoms with Crippen molar-refractivity contribution in [3.8, 4) is 5.69 Å². The molecule has 3 aromatic rings. The second-order valence-corrected chi connectivity index (χ2v) is 3.16. The van der Waals surface area contributed by atoms with E-state index < -0.39 is 0 Å². The zero-order valence-electron chi connectivity index (χ0n) is 7.75. The maximum Gasteiger partial charge on any atom is 0.127 e. The summed E-state index contributed by atoms with van der Waals surface area (Å²) in [5, 5.41) is 14.6. The van der Waals surface area contributed by atoms with Crippen LogP contribution in [0.25, 0.3) is 16.7 Å². The molecular weight excluding hydrogens is 192 g/mol. The van der Waals surface area contributed by atoms with E-state index in [1.807, 2.05) is 18.2 Å². The number of hydrogen-bond acceptors (Lipinski definition) is 4. The molecule has 3 rings (SSSR count). The first-order chi connectivity index (χ1) is 7.34. The van der Waals surface area contributed by atoms with Gasteiger partial charge in [-0.1, -0.05) is 0 Å². The number of nitrogen functional groups attached to an aromatic ring is 1. The van der Waals surface area contributed by atoms with Crippen molar-refractivity contribution in [1.29, 1.82) is 0 Å². The van der Waals surface area contributed by atoms with E-state index in [0.717, 1.165) is 16.7 Å². The summed E-state index contributed by atoms with van der Waals surface area (Å²) in [7, 11) is 0. The van der Waals surface area contributed by atoms with Gasteiger partial charge in [0.15, 0.2) is 0 Å². The number of nitrogens with one attached hydrogen (secondary N) is 1. The molecule has 0 atom stereocenters. The molecule has 0 saturated heterocycles. The molecule has 0 aliphatic heterocycles. The largest absolute Gasteiger partial charge is 0.384 e. The van der Waals surface area contributed by atoms with Crippen molar-refractivity contribution in [2.75, 3.05) is 5.73 Å². The number of fused-ring (bicyclic) bond motifs is 1. The summed E-state index contributed by atoms with van der Waals surface area (Å²) in [5.41, 5.74) is 8.24. The number of anilines is 1. The van der Waals surface area contributed by atoms with Crippen LogP contribution in [-0.2, 0) is 0 Å². The van der Waals surface area contributed by atoms with Gasteiger partial charge in [-0.25, -0.2) is 4.68 Å². The van der Waals surface area contributed by atoms with Crippen LogP contribution in [0, 0.1) is 0 Å². The highest BCUT2D eigenvalue weighted by Crippen LogP contribution is 2.16. The number of aromatic amines is 1. The number of rotatable bonds is 1. The van der Waals surface area contributed by atoms with Crippen molar-refractivity contribution in [3.63, 3.8) is 0 Å². The molecule has 0 spiro atoms. The molecule has 1 aromatic carbocycles. The van der Waals surface area contributed by atoms with Crippen LogP contribution in [0.15, 0.2) is 30.5 Å². The van der Waals surface area contributed by atoms with Crippen molar-refractivity contribution >= 4 is 16.9 Å². The molecule has 0 fully saturated rings. The summed E-state index contributed by atoms with van der Waals surface area (Å²) >= 11 is 0. The Bertz CT molecular complexity index is 608. The average molecular weight is 200 g/mol. The van der Waals surface area contributed by atoms with Crippen LogP contribution in [0.3, 0.4) is 0 Å². The Morgan fingerprint density at radius 2 is 2.00 bits per heavy atom. The number of hydrogen-bond donors (Lipinski definition) is 2. The van der Waals surface area contributed by atoms with Crippen LogP contribution in [-0.4, -0.2) is 25.2 Å². The van der Waals surface area contributed by atoms with Gasteiger partial charge in [-0.15, -0.1) is 0 Å². The summed E-state index contributed by atoms with van der Waals surface area (Å²) in [6.07, 6.45) is 1.66. The summed E-state index contributed by atoms with van der Waals surface area (Å²) in [6.45, 7) is 0. The van der Waals surface area contributed by atoms with Gasteiger partial charge in [-0.2, -0.15) is 20.5 Å². The van der Waals surface area contributed by atoms with Crippen molar-refractivity contribution in [2.24, 2.45) is 0 Å². The summed E-state index contributed by atoms with van der Waals surface area (Å²) < 4.78 is 1.65. The quantitative estimate of drug-likeness (QED) is 0.606. The molecule has 0 aliphatic rings. The summed E-state index contributed by atoms with van der Waals surface area (Å²) in [5.74, 6) is 0.595. The zero-order valence-corrected chi connectivity index (χ0v) is 7.75. The summed E-state index contributed by atoms with van der Waals surface area (Å²) in [4.78, 5) is 0. The lowest BCUT2D eigenvalue weighted by Gasteiger charge is -2.02. The fourth-order valence-electron chi connectivity index (χ4n) is 1.49. The molecule has 6 heteroatoms. The molecule has 74 valence electrons. The normalized spacial score (nSPS) is 10.9. The van der Waals surface area contributed by atoms with E-state index in [1.165, 1.54) is 0 Å². The van der Waals surface area contributed by atoms with Crippen molar-refractivity contribution in [1.82, 2.24) is 25.2 Å². The van der Waals surface area contributed by atoms with Gasteiger partial charge in [0.05, 0.1) is 11.9 Å². The van der Waals surface area contributed by atoms with Gasteiger partial charge in [0.2, 0.25) is 0 Å². The van der Waals surface area contributed by atoms with Gasteiger partial charge >= 0.3 is 0 Å². The first-order valence-corrected chi connectivity index (χ1v) is 4.45. The van der Waals surface area contributed by atoms with Crippen LogP contribution < -0.4 is 5.73 Å². The zero-order chi connectivity index (χ0) is 10.3. The lowest BCUT2D eigenvalue weighted by atomic mass is 10.3. The minimum absolute atomic E-state index is 0.595. The minimum Gasteiger partial charge on any atom is -0.384 e. The van der Waals surface area contributed by atoms with E-state index in [9.17, 15) is 0 Å². The third kappa shape index (κ3) is 1.15. The van der Waals surface area contributed by atoms with Gasteiger partial charge in [-0.05, 0) is 18.2 Å². The Morgan fingerprint density at radius 1 is 1.13 bits per heavy atom. The number of H-pyrrole nitrogens is 1. The maximum absolute atomic E-state index is 5.75. The molecule has 0 bridgehead atoms. The lowest BCUT2D eigenvalue weighted by molar-refractivity contribution is 0.892. The Hall–Kier alpha value is -2.37. The molecule has 0 amide bonds. The van der Waals surface area contributed by atoms with Crippen LogP contribution in [0.1, 0.15) is 0 Å². The standard InChI is InChI=1S/C9H8N6/c10-9-3-4-11-15(9)6-1-2-7-8(5-6)13-14-12-7/h1-5H,10H2,(H,12,13,14). The maximum atomic E-state index is 5.75. The van der Waals surface area contributed by atoms with E-state index in [2.05, 4.69) is 20.5 Å². The predicted molar refractivity (Wildman–Crippen MR) is 55.4 cm³/mol. The van der Waals surface area contributed by atoms with Gasteiger partial charge < -0.3 is 5.73 Å². The average Bonchev–Trinajstić information content (AvgIpc) is 2.84. The molecule has 0 saturated carbocycles. The number of aromatic nitrogens is 5. The first-order valence-electron chi connectivity index (χ1n) is 4.45. The summed E-state index contributed by atoms with van der Waals surface area (Å²) in [6, 6.07) is 7.39. The first kappa shape index (κ1) is 7.98. The highest BCUT2D eigenvalue weighted by molar-refractivity contribution is 5.76. The Morgan fingerprint density at radius 3 is 2.80 bits per heavy atom. The Labute approximate surface area is 84.7 Å². The van der Waals surface area contributed by atoms with Crippen LogP contribution in [0.5, 0.6) is 0 Å². The van der Waals surface area contributed by atoms with E-state index >= 15 is 0 Å². The van der Waals surface area contributed by atoms with Gasteiger partial charge in [0.1, 0.15) is 16.9 Å². The van der Waals surface area contributed by atoms with Gasteiger partial charge in [-0.3, -0.25) is 0 Å². The molecule has 6 nitrogen and oxygen atoms in total. The van der Waals surface area contributed by atoms with E-state index in [-0.39, 0.29) is 0 Å². The van der Waals surface area contributed by atoms with Gasteiger partial charge in [0, 0.05) is 6.07 Å². The Kier molecular flexibility index (Phi) is 1.49. The smallest absolute Gasteiger partial charge is 0.127 e.